The molecule has 2 atom stereocenters. The van der Waals surface area contributed by atoms with Crippen molar-refractivity contribution in [2.24, 2.45) is 0 Å². The Labute approximate surface area is 101 Å². The summed E-state index contributed by atoms with van der Waals surface area (Å²) in [6.07, 6.45) is 3.28. The minimum atomic E-state index is -0.0699. The molecular weight excluding hydrogens is 218 g/mol. The second kappa shape index (κ2) is 4.79. The largest absolute Gasteiger partial charge is 0.372 e. The summed E-state index contributed by atoms with van der Waals surface area (Å²) in [5.41, 5.74) is 1.21. The first-order chi connectivity index (χ1) is 8.06. The Morgan fingerprint density at radius 1 is 1.29 bits per heavy atom. The third-order valence-electron chi connectivity index (χ3n) is 2.71. The van der Waals surface area contributed by atoms with Gasteiger partial charge in [-0.15, -0.1) is 0 Å². The van der Waals surface area contributed by atoms with E-state index in [0.29, 0.717) is 18.8 Å². The lowest BCUT2D eigenvalue weighted by molar-refractivity contribution is -0.0587. The molecule has 1 aliphatic heterocycles. The molecule has 2 rings (SSSR count). The third-order valence-corrected chi connectivity index (χ3v) is 2.71. The van der Waals surface area contributed by atoms with Crippen molar-refractivity contribution in [3.05, 3.63) is 23.8 Å². The lowest BCUT2D eigenvalue weighted by Crippen LogP contribution is -2.48. The van der Waals surface area contributed by atoms with Crippen LogP contribution in [0.2, 0.25) is 0 Å². The summed E-state index contributed by atoms with van der Waals surface area (Å²) in [5.74, 6) is -0.0699. The Bertz CT molecular complexity index is 395. The highest BCUT2D eigenvalue weighted by Crippen LogP contribution is 2.13. The number of carbonyl (C=O) groups excluding carboxylic acids is 1. The monoisotopic (exact) mass is 235 g/mol. The van der Waals surface area contributed by atoms with Gasteiger partial charge < -0.3 is 9.64 Å². The SMILES string of the molecule is Cc1cnc(C(=O)N2C[C@@H](C)O[C@@H](C)C2)cn1. The Morgan fingerprint density at radius 2 is 1.94 bits per heavy atom. The Balaban J connectivity index is 2.11. The van der Waals surface area contributed by atoms with Crippen LogP contribution < -0.4 is 0 Å². The number of hydrogen-bond acceptors (Lipinski definition) is 4. The first-order valence-electron chi connectivity index (χ1n) is 5.79. The summed E-state index contributed by atoms with van der Waals surface area (Å²) in [4.78, 5) is 22.1. The number of morpholine rings is 1. The van der Waals surface area contributed by atoms with E-state index in [1.165, 1.54) is 6.20 Å². The van der Waals surface area contributed by atoms with Gasteiger partial charge in [0.2, 0.25) is 0 Å². The fourth-order valence-corrected chi connectivity index (χ4v) is 2.01. The van der Waals surface area contributed by atoms with E-state index in [4.69, 9.17) is 4.74 Å². The van der Waals surface area contributed by atoms with Crippen LogP contribution in [0.5, 0.6) is 0 Å². The molecule has 0 unspecified atom stereocenters. The molecule has 17 heavy (non-hydrogen) atoms. The summed E-state index contributed by atoms with van der Waals surface area (Å²) >= 11 is 0. The van der Waals surface area contributed by atoms with Gasteiger partial charge in [-0.3, -0.25) is 9.78 Å². The van der Waals surface area contributed by atoms with Crippen LogP contribution in [-0.4, -0.2) is 46.1 Å². The fraction of sp³-hybridized carbons (Fsp3) is 0.583. The molecule has 5 nitrogen and oxygen atoms in total. The van der Waals surface area contributed by atoms with E-state index in [9.17, 15) is 4.79 Å². The van der Waals surface area contributed by atoms with Crippen molar-refractivity contribution in [1.82, 2.24) is 14.9 Å². The fourth-order valence-electron chi connectivity index (χ4n) is 2.01. The summed E-state index contributed by atoms with van der Waals surface area (Å²) < 4.78 is 5.59. The summed E-state index contributed by atoms with van der Waals surface area (Å²) in [6.45, 7) is 7.01. The number of nitrogens with zero attached hydrogens (tertiary/aromatic N) is 3. The molecule has 0 spiro atoms. The zero-order valence-corrected chi connectivity index (χ0v) is 10.4. The maximum absolute atomic E-state index is 12.2. The topological polar surface area (TPSA) is 55.3 Å². The van der Waals surface area contributed by atoms with Crippen LogP contribution in [0.15, 0.2) is 12.4 Å². The molecule has 1 aromatic rings. The molecule has 0 saturated carbocycles. The van der Waals surface area contributed by atoms with Gasteiger partial charge in [0.15, 0.2) is 0 Å². The van der Waals surface area contributed by atoms with E-state index in [0.717, 1.165) is 5.69 Å². The van der Waals surface area contributed by atoms with Crippen LogP contribution in [0.1, 0.15) is 30.0 Å². The van der Waals surface area contributed by atoms with E-state index in [-0.39, 0.29) is 18.1 Å². The molecule has 1 aliphatic rings. The molecule has 1 aromatic heterocycles. The number of carbonyl (C=O) groups is 1. The van der Waals surface area contributed by atoms with E-state index in [2.05, 4.69) is 9.97 Å². The van der Waals surface area contributed by atoms with Crippen molar-refractivity contribution in [3.8, 4) is 0 Å². The number of hydrogen-bond donors (Lipinski definition) is 0. The van der Waals surface area contributed by atoms with Gasteiger partial charge in [0.25, 0.3) is 5.91 Å². The predicted molar refractivity (Wildman–Crippen MR) is 62.7 cm³/mol. The highest BCUT2D eigenvalue weighted by molar-refractivity contribution is 5.92. The van der Waals surface area contributed by atoms with Crippen LogP contribution in [0.4, 0.5) is 0 Å². The van der Waals surface area contributed by atoms with Crippen molar-refractivity contribution in [2.45, 2.75) is 33.0 Å². The Kier molecular flexibility index (Phi) is 3.38. The second-order valence-corrected chi connectivity index (χ2v) is 4.51. The van der Waals surface area contributed by atoms with Crippen molar-refractivity contribution in [1.29, 1.82) is 0 Å². The van der Waals surface area contributed by atoms with E-state index >= 15 is 0 Å². The van der Waals surface area contributed by atoms with Crippen molar-refractivity contribution in [2.75, 3.05) is 13.1 Å². The molecule has 0 N–H and O–H groups in total. The molecule has 1 fully saturated rings. The van der Waals surface area contributed by atoms with Crippen LogP contribution >= 0.6 is 0 Å². The normalized spacial score (nSPS) is 24.8. The Morgan fingerprint density at radius 3 is 2.47 bits per heavy atom. The lowest BCUT2D eigenvalue weighted by atomic mass is 10.2. The molecule has 1 saturated heterocycles. The molecule has 5 heteroatoms. The third kappa shape index (κ3) is 2.79. The van der Waals surface area contributed by atoms with Gasteiger partial charge in [-0.2, -0.15) is 0 Å². The van der Waals surface area contributed by atoms with Crippen LogP contribution in [0.3, 0.4) is 0 Å². The van der Waals surface area contributed by atoms with E-state index in [1.807, 2.05) is 20.8 Å². The molecule has 0 bridgehead atoms. The quantitative estimate of drug-likeness (QED) is 0.729. The smallest absolute Gasteiger partial charge is 0.274 e. The second-order valence-electron chi connectivity index (χ2n) is 4.51. The molecule has 0 aromatic carbocycles. The minimum absolute atomic E-state index is 0.0699. The van der Waals surface area contributed by atoms with Gasteiger partial charge in [-0.25, -0.2) is 4.98 Å². The van der Waals surface area contributed by atoms with Crippen molar-refractivity contribution < 1.29 is 9.53 Å². The first kappa shape index (κ1) is 12.0. The van der Waals surface area contributed by atoms with Crippen molar-refractivity contribution >= 4 is 5.91 Å². The molecule has 0 radical (unpaired) electrons. The highest BCUT2D eigenvalue weighted by atomic mass is 16.5. The highest BCUT2D eigenvalue weighted by Gasteiger charge is 2.27. The average Bonchev–Trinajstić information content (AvgIpc) is 2.28. The number of amides is 1. The Hall–Kier alpha value is -1.49. The van der Waals surface area contributed by atoms with Crippen LogP contribution in [0, 0.1) is 6.92 Å². The van der Waals surface area contributed by atoms with Gasteiger partial charge in [-0.05, 0) is 20.8 Å². The van der Waals surface area contributed by atoms with Gasteiger partial charge in [0, 0.05) is 19.3 Å². The molecule has 1 amide bonds. The number of aryl methyl sites for hydroxylation is 1. The molecule has 0 aliphatic carbocycles. The van der Waals surface area contributed by atoms with E-state index in [1.54, 1.807) is 11.1 Å². The van der Waals surface area contributed by atoms with E-state index < -0.39 is 0 Å². The van der Waals surface area contributed by atoms with Crippen LogP contribution in [0.25, 0.3) is 0 Å². The number of ether oxygens (including phenoxy) is 1. The number of rotatable bonds is 1. The predicted octanol–water partition coefficient (Wildman–Crippen LogP) is 1.03. The number of aromatic nitrogens is 2. The maximum Gasteiger partial charge on any atom is 0.274 e. The summed E-state index contributed by atoms with van der Waals surface area (Å²) in [5, 5.41) is 0. The van der Waals surface area contributed by atoms with Crippen LogP contribution in [-0.2, 0) is 4.74 Å². The van der Waals surface area contributed by atoms with Gasteiger partial charge in [0.05, 0.1) is 24.1 Å². The zero-order valence-electron chi connectivity index (χ0n) is 10.4. The molecule has 92 valence electrons. The average molecular weight is 235 g/mol. The maximum atomic E-state index is 12.2. The van der Waals surface area contributed by atoms with Gasteiger partial charge >= 0.3 is 0 Å². The standard InChI is InChI=1S/C12H17N3O2/c1-8-4-14-11(5-13-8)12(16)15-6-9(2)17-10(3)7-15/h4-5,9-10H,6-7H2,1-3H3/t9-,10+. The zero-order chi connectivity index (χ0) is 12.4. The molecular formula is C12H17N3O2. The first-order valence-corrected chi connectivity index (χ1v) is 5.79. The van der Waals surface area contributed by atoms with Gasteiger partial charge in [-0.1, -0.05) is 0 Å². The summed E-state index contributed by atoms with van der Waals surface area (Å²) in [6, 6.07) is 0. The molecule has 2 heterocycles. The minimum Gasteiger partial charge on any atom is -0.372 e. The van der Waals surface area contributed by atoms with Gasteiger partial charge in [0.1, 0.15) is 5.69 Å². The van der Waals surface area contributed by atoms with Crippen molar-refractivity contribution in [3.63, 3.8) is 0 Å². The summed E-state index contributed by atoms with van der Waals surface area (Å²) in [7, 11) is 0. The lowest BCUT2D eigenvalue weighted by Gasteiger charge is -2.35.